The molecule has 0 amide bonds. The van der Waals surface area contributed by atoms with Crippen LogP contribution in [0.4, 0.5) is 10.1 Å². The van der Waals surface area contributed by atoms with E-state index < -0.39 is 5.82 Å². The van der Waals surface area contributed by atoms with Gasteiger partial charge < -0.3 is 15.0 Å². The van der Waals surface area contributed by atoms with Crippen molar-refractivity contribution in [1.82, 2.24) is 30.1 Å². The number of halogens is 1. The molecule has 6 rings (SSSR count). The van der Waals surface area contributed by atoms with Crippen molar-refractivity contribution in [3.05, 3.63) is 73.2 Å². The lowest BCUT2D eigenvalue weighted by Crippen LogP contribution is -2.08. The highest BCUT2D eigenvalue weighted by Gasteiger charge is 2.16. The molecular formula is C26H20FN7O. The Kier molecular flexibility index (Phi) is 4.70. The fraction of sp³-hybridized carbons (Fsp3) is 0.0769. The number of hydrogen-bond acceptors (Lipinski definition) is 6. The minimum Gasteiger partial charge on any atom is -0.508 e. The van der Waals surface area contributed by atoms with Gasteiger partial charge in [-0.25, -0.2) is 4.39 Å². The van der Waals surface area contributed by atoms with Crippen LogP contribution in [-0.4, -0.2) is 49.3 Å². The smallest absolute Gasteiger partial charge is 0.127 e. The van der Waals surface area contributed by atoms with E-state index >= 15 is 0 Å². The number of benzene rings is 1. The molecular weight excluding hydrogens is 445 g/mol. The van der Waals surface area contributed by atoms with Gasteiger partial charge in [0.05, 0.1) is 46.7 Å². The second-order valence-corrected chi connectivity index (χ2v) is 8.54. The molecule has 0 atom stereocenters. The second-order valence-electron chi connectivity index (χ2n) is 8.54. The number of rotatable bonds is 4. The van der Waals surface area contributed by atoms with Gasteiger partial charge in [-0.3, -0.25) is 20.1 Å². The summed E-state index contributed by atoms with van der Waals surface area (Å²) >= 11 is 0. The van der Waals surface area contributed by atoms with Gasteiger partial charge in [-0.2, -0.15) is 5.10 Å². The monoisotopic (exact) mass is 465 g/mol. The lowest BCUT2D eigenvalue weighted by atomic mass is 10.0. The fourth-order valence-corrected chi connectivity index (χ4v) is 4.23. The molecule has 5 heterocycles. The van der Waals surface area contributed by atoms with Gasteiger partial charge in [-0.1, -0.05) is 0 Å². The van der Waals surface area contributed by atoms with Crippen LogP contribution in [0.5, 0.6) is 5.75 Å². The Balaban J connectivity index is 1.48. The van der Waals surface area contributed by atoms with Crippen molar-refractivity contribution in [2.45, 2.75) is 0 Å². The van der Waals surface area contributed by atoms with E-state index in [9.17, 15) is 9.50 Å². The maximum absolute atomic E-state index is 13.9. The average Bonchev–Trinajstić information content (AvgIpc) is 3.47. The molecule has 0 spiro atoms. The number of pyridine rings is 3. The highest BCUT2D eigenvalue weighted by atomic mass is 19.1. The predicted molar refractivity (Wildman–Crippen MR) is 134 cm³/mol. The standard InChI is InChI=1S/C26H20FN7O/c1-34(2)17-4-15(9-28-10-17)22-8-20-25(13-30-22)32-33-26(20)23-7-19-21(11-29-12-24(19)31-23)14-3-16(27)6-18(35)5-14/h3-13,31,35H,1-2H3,(H,32,33). The number of H-pyrrole nitrogens is 2. The molecule has 0 unspecified atom stereocenters. The topological polar surface area (TPSA) is 107 Å². The number of hydrogen-bond donors (Lipinski definition) is 3. The molecule has 0 saturated heterocycles. The van der Waals surface area contributed by atoms with Crippen LogP contribution in [0, 0.1) is 5.82 Å². The Morgan fingerprint density at radius 2 is 1.69 bits per heavy atom. The zero-order chi connectivity index (χ0) is 24.1. The number of aromatic hydroxyl groups is 1. The Morgan fingerprint density at radius 1 is 0.829 bits per heavy atom. The highest BCUT2D eigenvalue weighted by molar-refractivity contribution is 6.01. The van der Waals surface area contributed by atoms with Gasteiger partial charge >= 0.3 is 0 Å². The summed E-state index contributed by atoms with van der Waals surface area (Å²) in [4.78, 5) is 18.6. The largest absolute Gasteiger partial charge is 0.508 e. The summed E-state index contributed by atoms with van der Waals surface area (Å²) in [5.74, 6) is -0.655. The van der Waals surface area contributed by atoms with Crippen LogP contribution < -0.4 is 4.90 Å². The van der Waals surface area contributed by atoms with E-state index in [0.717, 1.165) is 56.2 Å². The number of aromatic amines is 2. The zero-order valence-electron chi connectivity index (χ0n) is 18.9. The van der Waals surface area contributed by atoms with E-state index in [-0.39, 0.29) is 5.75 Å². The summed E-state index contributed by atoms with van der Waals surface area (Å²) in [6.07, 6.45) is 8.72. The Labute approximate surface area is 199 Å². The average molecular weight is 465 g/mol. The lowest BCUT2D eigenvalue weighted by Gasteiger charge is -2.12. The molecule has 0 aliphatic heterocycles. The number of fused-ring (bicyclic) bond motifs is 2. The minimum atomic E-state index is -0.515. The molecule has 8 nitrogen and oxygen atoms in total. The molecule has 6 aromatic rings. The first kappa shape index (κ1) is 20.8. The predicted octanol–water partition coefficient (Wildman–Crippen LogP) is 5.14. The zero-order valence-corrected chi connectivity index (χ0v) is 18.9. The van der Waals surface area contributed by atoms with Crippen LogP contribution in [0.2, 0.25) is 0 Å². The summed E-state index contributed by atoms with van der Waals surface area (Å²) in [5, 5.41) is 19.2. The molecule has 0 radical (unpaired) electrons. The van der Waals surface area contributed by atoms with E-state index in [1.165, 1.54) is 12.1 Å². The molecule has 0 fully saturated rings. The van der Waals surface area contributed by atoms with Gasteiger partial charge in [0.15, 0.2) is 0 Å². The number of phenols is 1. The molecule has 0 aliphatic carbocycles. The first-order chi connectivity index (χ1) is 17.0. The van der Waals surface area contributed by atoms with Crippen LogP contribution in [0.25, 0.3) is 55.6 Å². The van der Waals surface area contributed by atoms with Gasteiger partial charge in [0.25, 0.3) is 0 Å². The number of nitrogens with one attached hydrogen (secondary N) is 2. The Morgan fingerprint density at radius 3 is 2.51 bits per heavy atom. The molecule has 0 aliphatic rings. The van der Waals surface area contributed by atoms with Crippen molar-refractivity contribution in [2.24, 2.45) is 0 Å². The quantitative estimate of drug-likeness (QED) is 0.333. The van der Waals surface area contributed by atoms with E-state index in [0.29, 0.717) is 11.1 Å². The van der Waals surface area contributed by atoms with Gasteiger partial charge in [-0.05, 0) is 35.9 Å². The van der Waals surface area contributed by atoms with E-state index in [2.05, 4.69) is 30.1 Å². The summed E-state index contributed by atoms with van der Waals surface area (Å²) in [6.45, 7) is 0. The van der Waals surface area contributed by atoms with Gasteiger partial charge in [-0.15, -0.1) is 0 Å². The molecule has 9 heteroatoms. The number of phenolic OH excluding ortho intramolecular Hbond substituents is 1. The maximum Gasteiger partial charge on any atom is 0.127 e. The van der Waals surface area contributed by atoms with Crippen molar-refractivity contribution < 1.29 is 9.50 Å². The Hall–Kier alpha value is -4.79. The first-order valence-corrected chi connectivity index (χ1v) is 10.9. The highest BCUT2D eigenvalue weighted by Crippen LogP contribution is 2.35. The molecule has 5 aromatic heterocycles. The van der Waals surface area contributed by atoms with E-state index in [1.54, 1.807) is 31.0 Å². The van der Waals surface area contributed by atoms with Crippen LogP contribution in [0.3, 0.4) is 0 Å². The molecule has 3 N–H and O–H groups in total. The fourth-order valence-electron chi connectivity index (χ4n) is 4.23. The number of anilines is 1. The second kappa shape index (κ2) is 7.91. The minimum absolute atomic E-state index is 0.140. The van der Waals surface area contributed by atoms with Gasteiger partial charge in [0.1, 0.15) is 17.3 Å². The molecule has 0 saturated carbocycles. The van der Waals surface area contributed by atoms with Crippen molar-refractivity contribution in [3.63, 3.8) is 0 Å². The van der Waals surface area contributed by atoms with Crippen molar-refractivity contribution in [1.29, 1.82) is 0 Å². The van der Waals surface area contributed by atoms with E-state index in [4.69, 9.17) is 0 Å². The van der Waals surface area contributed by atoms with Crippen molar-refractivity contribution >= 4 is 27.5 Å². The van der Waals surface area contributed by atoms with Gasteiger partial charge in [0.2, 0.25) is 0 Å². The maximum atomic E-state index is 13.9. The van der Waals surface area contributed by atoms with Crippen LogP contribution in [-0.2, 0) is 0 Å². The van der Waals surface area contributed by atoms with Gasteiger partial charge in [0, 0.05) is 54.5 Å². The molecule has 1 aromatic carbocycles. The SMILES string of the molecule is CN(C)c1cncc(-c2cc3c(-c4cc5c(-c6cc(O)cc(F)c6)cncc5[nH]4)n[nH]c3cn2)c1. The molecule has 35 heavy (non-hydrogen) atoms. The normalized spacial score (nSPS) is 11.4. The van der Waals surface area contributed by atoms with Crippen LogP contribution in [0.1, 0.15) is 0 Å². The first-order valence-electron chi connectivity index (χ1n) is 10.9. The third kappa shape index (κ3) is 3.63. The van der Waals surface area contributed by atoms with Crippen LogP contribution >= 0.6 is 0 Å². The van der Waals surface area contributed by atoms with E-state index in [1.807, 2.05) is 37.2 Å². The molecule has 0 bridgehead atoms. The lowest BCUT2D eigenvalue weighted by molar-refractivity contribution is 0.469. The third-order valence-corrected chi connectivity index (χ3v) is 5.98. The van der Waals surface area contributed by atoms with Crippen molar-refractivity contribution in [3.8, 4) is 39.5 Å². The van der Waals surface area contributed by atoms with Crippen molar-refractivity contribution in [2.75, 3.05) is 19.0 Å². The summed E-state index contributed by atoms with van der Waals surface area (Å²) < 4.78 is 13.9. The number of nitrogens with zero attached hydrogens (tertiary/aromatic N) is 5. The third-order valence-electron chi connectivity index (χ3n) is 5.98. The summed E-state index contributed by atoms with van der Waals surface area (Å²) in [7, 11) is 3.94. The Bertz CT molecular complexity index is 1700. The van der Waals surface area contributed by atoms with Crippen LogP contribution in [0.15, 0.2) is 67.4 Å². The summed E-state index contributed by atoms with van der Waals surface area (Å²) in [6, 6.07) is 9.95. The molecule has 172 valence electrons. The number of aromatic nitrogens is 6. The summed E-state index contributed by atoms with van der Waals surface area (Å²) in [5.41, 5.74) is 6.98.